The van der Waals surface area contributed by atoms with E-state index in [1.54, 1.807) is 25.8 Å². The predicted molar refractivity (Wildman–Crippen MR) is 166 cm³/mol. The molecule has 0 saturated heterocycles. The van der Waals surface area contributed by atoms with Crippen molar-refractivity contribution in [1.82, 2.24) is 10.3 Å². The molecule has 0 saturated carbocycles. The first-order valence-electron chi connectivity index (χ1n) is 14.7. The second-order valence-electron chi connectivity index (χ2n) is 10.1. The molecule has 3 heterocycles. The molecule has 1 aliphatic heterocycles. The van der Waals surface area contributed by atoms with Gasteiger partial charge >= 0.3 is 0 Å². The van der Waals surface area contributed by atoms with Crippen LogP contribution in [0.15, 0.2) is 54.0 Å². The highest BCUT2D eigenvalue weighted by Crippen LogP contribution is 2.33. The van der Waals surface area contributed by atoms with Crippen molar-refractivity contribution < 1.29 is 18.6 Å². The lowest BCUT2D eigenvalue weighted by atomic mass is 9.97. The number of nitrogens with zero attached hydrogens (tertiary/aromatic N) is 1. The molecule has 220 valence electrons. The maximum absolute atomic E-state index is 5.57. The minimum atomic E-state index is 0.588. The number of ether oxygens (including phenoxy) is 3. The molecule has 0 fully saturated rings. The summed E-state index contributed by atoms with van der Waals surface area (Å²) in [5.74, 6) is 2.45. The van der Waals surface area contributed by atoms with E-state index in [0.717, 1.165) is 57.3 Å². The number of pyridine rings is 1. The van der Waals surface area contributed by atoms with Gasteiger partial charge in [-0.1, -0.05) is 66.0 Å². The molecular formula is C34H50N2O4. The fourth-order valence-electron chi connectivity index (χ4n) is 4.28. The van der Waals surface area contributed by atoms with Crippen molar-refractivity contribution in [3.05, 3.63) is 66.4 Å². The number of unbranched alkanes of at least 4 members (excludes halogenated alkanes) is 1. The average Bonchev–Trinajstić information content (AvgIpc) is 3.46. The van der Waals surface area contributed by atoms with Gasteiger partial charge < -0.3 is 23.9 Å². The summed E-state index contributed by atoms with van der Waals surface area (Å²) in [6.07, 6.45) is 12.8. The van der Waals surface area contributed by atoms with E-state index in [1.165, 1.54) is 38.5 Å². The summed E-state index contributed by atoms with van der Waals surface area (Å²) in [7, 11) is 1.67. The SMILES string of the molecule is C=C(C)c1cocc1-c1ccc(OC)cc1C.CCCC.CCCC(CCC)NCc1cc2c(cn1)OCCO2. The van der Waals surface area contributed by atoms with Crippen LogP contribution in [0.2, 0.25) is 0 Å². The summed E-state index contributed by atoms with van der Waals surface area (Å²) in [6.45, 7) is 18.9. The molecule has 0 atom stereocenters. The van der Waals surface area contributed by atoms with E-state index in [9.17, 15) is 0 Å². The minimum absolute atomic E-state index is 0.588. The lowest BCUT2D eigenvalue weighted by Gasteiger charge is -2.20. The molecular weight excluding hydrogens is 500 g/mol. The van der Waals surface area contributed by atoms with Gasteiger partial charge in [0.1, 0.15) is 19.0 Å². The summed E-state index contributed by atoms with van der Waals surface area (Å²) in [4.78, 5) is 4.42. The van der Waals surface area contributed by atoms with E-state index in [0.29, 0.717) is 19.3 Å². The molecule has 0 spiro atoms. The van der Waals surface area contributed by atoms with Crippen LogP contribution in [0.5, 0.6) is 17.2 Å². The van der Waals surface area contributed by atoms with Crippen LogP contribution in [0.3, 0.4) is 0 Å². The summed E-state index contributed by atoms with van der Waals surface area (Å²) in [6, 6.07) is 8.59. The molecule has 40 heavy (non-hydrogen) atoms. The van der Waals surface area contributed by atoms with Crippen molar-refractivity contribution in [2.75, 3.05) is 20.3 Å². The lowest BCUT2D eigenvalue weighted by molar-refractivity contribution is 0.170. The van der Waals surface area contributed by atoms with Crippen LogP contribution in [0.4, 0.5) is 0 Å². The van der Waals surface area contributed by atoms with Gasteiger partial charge in [0.2, 0.25) is 0 Å². The highest BCUT2D eigenvalue weighted by molar-refractivity contribution is 5.80. The zero-order valence-electron chi connectivity index (χ0n) is 25.8. The Bertz CT molecular complexity index is 1150. The standard InChI is InChI=1S/C15H24N2O2.C15H16O2.C4H10/c1-3-5-12(6-4-2)16-10-13-9-14-15(11-17-13)19-8-7-18-14;1-10(2)14-8-17-9-15(14)13-6-5-12(16-4)7-11(13)3;1-3-4-2/h9,11-12,16H,3-8,10H2,1-2H3;5-9H,1H2,2-4H3;3-4H2,1-2H3. The Morgan fingerprint density at radius 3 is 2.20 bits per heavy atom. The molecule has 0 bridgehead atoms. The van der Waals surface area contributed by atoms with Gasteiger partial charge in [-0.2, -0.15) is 0 Å². The second kappa shape index (κ2) is 18.2. The summed E-state index contributed by atoms with van der Waals surface area (Å²) in [5, 5.41) is 3.59. The topological polar surface area (TPSA) is 65.8 Å². The monoisotopic (exact) mass is 550 g/mol. The average molecular weight is 551 g/mol. The van der Waals surface area contributed by atoms with E-state index in [-0.39, 0.29) is 0 Å². The number of fused-ring (bicyclic) bond motifs is 1. The fourth-order valence-corrected chi connectivity index (χ4v) is 4.28. The number of rotatable bonds is 11. The molecule has 0 aliphatic carbocycles. The van der Waals surface area contributed by atoms with Gasteiger partial charge in [0.25, 0.3) is 0 Å². The van der Waals surface area contributed by atoms with Crippen LogP contribution in [0.1, 0.15) is 90.0 Å². The minimum Gasteiger partial charge on any atom is -0.497 e. The lowest BCUT2D eigenvalue weighted by Crippen LogP contribution is -2.28. The fraction of sp³-hybridized carbons (Fsp3) is 0.500. The molecule has 1 N–H and O–H groups in total. The number of allylic oxidation sites excluding steroid dienone is 1. The molecule has 3 aromatic rings. The smallest absolute Gasteiger partial charge is 0.179 e. The molecule has 6 heteroatoms. The third-order valence-corrected chi connectivity index (χ3v) is 6.68. The summed E-state index contributed by atoms with van der Waals surface area (Å²) >= 11 is 0. The van der Waals surface area contributed by atoms with Crippen LogP contribution in [0.25, 0.3) is 16.7 Å². The third-order valence-electron chi connectivity index (χ3n) is 6.68. The number of benzene rings is 1. The molecule has 0 unspecified atom stereocenters. The normalized spacial score (nSPS) is 11.7. The van der Waals surface area contributed by atoms with Gasteiger partial charge in [-0.05, 0) is 55.5 Å². The Morgan fingerprint density at radius 2 is 1.62 bits per heavy atom. The van der Waals surface area contributed by atoms with Gasteiger partial charge in [0.05, 0.1) is 31.5 Å². The number of furan rings is 1. The Kier molecular flexibility index (Phi) is 15.0. The highest BCUT2D eigenvalue weighted by Gasteiger charge is 2.14. The first-order chi connectivity index (χ1) is 19.4. The van der Waals surface area contributed by atoms with Crippen LogP contribution < -0.4 is 19.5 Å². The molecule has 0 amide bonds. The van der Waals surface area contributed by atoms with Crippen molar-refractivity contribution >= 4 is 5.57 Å². The van der Waals surface area contributed by atoms with Crippen LogP contribution in [0, 0.1) is 6.92 Å². The van der Waals surface area contributed by atoms with E-state index >= 15 is 0 Å². The van der Waals surface area contributed by atoms with Gasteiger partial charge in [-0.15, -0.1) is 0 Å². The maximum Gasteiger partial charge on any atom is 0.179 e. The Hall–Kier alpha value is -3.25. The quantitative estimate of drug-likeness (QED) is 0.257. The first kappa shape index (κ1) is 33.0. The van der Waals surface area contributed by atoms with Crippen molar-refractivity contribution in [2.45, 2.75) is 92.7 Å². The molecule has 4 rings (SSSR count). The summed E-state index contributed by atoms with van der Waals surface area (Å²) < 4.78 is 21.5. The van der Waals surface area contributed by atoms with Crippen molar-refractivity contribution in [3.8, 4) is 28.4 Å². The number of hydrogen-bond acceptors (Lipinski definition) is 6. The van der Waals surface area contributed by atoms with Crippen molar-refractivity contribution in [3.63, 3.8) is 0 Å². The second-order valence-corrected chi connectivity index (χ2v) is 10.1. The third kappa shape index (κ3) is 10.4. The van der Waals surface area contributed by atoms with Gasteiger partial charge in [-0.25, -0.2) is 0 Å². The Balaban J connectivity index is 0.000000249. The van der Waals surface area contributed by atoms with Gasteiger partial charge in [0.15, 0.2) is 11.5 Å². The number of nitrogens with one attached hydrogen (secondary N) is 1. The van der Waals surface area contributed by atoms with Crippen molar-refractivity contribution in [1.29, 1.82) is 0 Å². The number of hydrogen-bond donors (Lipinski definition) is 1. The largest absolute Gasteiger partial charge is 0.497 e. The molecule has 6 nitrogen and oxygen atoms in total. The van der Waals surface area contributed by atoms with Gasteiger partial charge in [0, 0.05) is 29.8 Å². The maximum atomic E-state index is 5.57. The van der Waals surface area contributed by atoms with Crippen LogP contribution >= 0.6 is 0 Å². The summed E-state index contributed by atoms with van der Waals surface area (Å²) in [5.41, 5.74) is 6.46. The van der Waals surface area contributed by atoms with E-state index in [4.69, 9.17) is 18.6 Å². The molecule has 0 radical (unpaired) electrons. The number of methoxy groups -OCH3 is 1. The predicted octanol–water partition coefficient (Wildman–Crippen LogP) is 9.01. The van der Waals surface area contributed by atoms with E-state index < -0.39 is 0 Å². The number of aromatic nitrogens is 1. The molecule has 1 aromatic carbocycles. The van der Waals surface area contributed by atoms with Gasteiger partial charge in [-0.3, -0.25) is 4.98 Å². The molecule has 2 aromatic heterocycles. The van der Waals surface area contributed by atoms with Crippen molar-refractivity contribution in [2.24, 2.45) is 0 Å². The Morgan fingerprint density at radius 1 is 0.950 bits per heavy atom. The number of aryl methyl sites for hydroxylation is 1. The highest BCUT2D eigenvalue weighted by atomic mass is 16.6. The Labute approximate surface area is 242 Å². The zero-order valence-corrected chi connectivity index (χ0v) is 25.8. The van der Waals surface area contributed by atoms with E-state index in [1.807, 2.05) is 31.2 Å². The van der Waals surface area contributed by atoms with E-state index in [2.05, 4.69) is 51.5 Å². The van der Waals surface area contributed by atoms with Crippen LogP contribution in [-0.2, 0) is 6.54 Å². The van der Waals surface area contributed by atoms with Crippen LogP contribution in [-0.4, -0.2) is 31.3 Å². The molecule has 1 aliphatic rings. The zero-order chi connectivity index (χ0) is 29.3. The first-order valence-corrected chi connectivity index (χ1v) is 14.7.